The number of ether oxygens (including phenoxy) is 3. The molecule has 0 saturated carbocycles. The van der Waals surface area contributed by atoms with Gasteiger partial charge in [0, 0.05) is 17.6 Å². The molecule has 2 rings (SSSR count). The smallest absolute Gasteiger partial charge is 0.286 e. The van der Waals surface area contributed by atoms with Gasteiger partial charge in [-0.25, -0.2) is 0 Å². The first-order valence-corrected chi connectivity index (χ1v) is 8.79. The van der Waals surface area contributed by atoms with Crippen LogP contribution in [0.3, 0.4) is 0 Å². The molecule has 2 aromatic carbocycles. The lowest BCUT2D eigenvalue weighted by Crippen LogP contribution is -2.15. The van der Waals surface area contributed by atoms with Gasteiger partial charge in [0.1, 0.15) is 12.2 Å². The third kappa shape index (κ3) is 5.31. The summed E-state index contributed by atoms with van der Waals surface area (Å²) in [6.07, 6.45) is 0. The predicted octanol–water partition coefficient (Wildman–Crippen LogP) is 4.30. The van der Waals surface area contributed by atoms with Crippen LogP contribution in [0.1, 0.15) is 10.4 Å². The van der Waals surface area contributed by atoms with Crippen molar-refractivity contribution in [3.05, 3.63) is 55.5 Å². The van der Waals surface area contributed by atoms with Crippen LogP contribution in [0, 0.1) is 10.1 Å². The Labute approximate surface area is 168 Å². The van der Waals surface area contributed by atoms with Gasteiger partial charge in [-0.3, -0.25) is 14.9 Å². The summed E-state index contributed by atoms with van der Waals surface area (Å²) >= 11 is 9.35. The van der Waals surface area contributed by atoms with Crippen LogP contribution in [0.25, 0.3) is 0 Å². The Hall–Kier alpha value is -2.36. The van der Waals surface area contributed by atoms with Gasteiger partial charge in [0.15, 0.2) is 11.5 Å². The van der Waals surface area contributed by atoms with Crippen LogP contribution < -0.4 is 14.8 Å². The van der Waals surface area contributed by atoms with Crippen LogP contribution in [-0.4, -0.2) is 38.3 Å². The molecular weight excluding hydrogens is 444 g/mol. The summed E-state index contributed by atoms with van der Waals surface area (Å²) in [7, 11) is 2.88. The first kappa shape index (κ1) is 20.9. The van der Waals surface area contributed by atoms with Crippen molar-refractivity contribution in [2.75, 3.05) is 32.8 Å². The summed E-state index contributed by atoms with van der Waals surface area (Å²) in [6.45, 7) is 0.464. The van der Waals surface area contributed by atoms with Crippen LogP contribution in [0.15, 0.2) is 34.8 Å². The van der Waals surface area contributed by atoms with Gasteiger partial charge in [0.2, 0.25) is 0 Å². The maximum atomic E-state index is 12.6. The highest BCUT2D eigenvalue weighted by molar-refractivity contribution is 9.10. The summed E-state index contributed by atoms with van der Waals surface area (Å²) in [4.78, 5) is 23.4. The number of carbonyl (C=O) groups is 1. The quantitative estimate of drug-likeness (QED) is 0.359. The molecule has 27 heavy (non-hydrogen) atoms. The largest absolute Gasteiger partial charge is 0.493 e. The van der Waals surface area contributed by atoms with Gasteiger partial charge >= 0.3 is 0 Å². The minimum Gasteiger partial charge on any atom is -0.493 e. The van der Waals surface area contributed by atoms with E-state index in [1.54, 1.807) is 18.2 Å². The fraction of sp³-hybridized carbons (Fsp3) is 0.235. The first-order chi connectivity index (χ1) is 12.9. The number of hydrogen-bond acceptors (Lipinski definition) is 6. The Morgan fingerprint density at radius 1 is 1.22 bits per heavy atom. The molecule has 0 unspecified atom stereocenters. The Bertz CT molecular complexity index is 862. The van der Waals surface area contributed by atoms with Gasteiger partial charge in [0.05, 0.1) is 35.4 Å². The summed E-state index contributed by atoms with van der Waals surface area (Å²) in [5, 5.41) is 14.3. The standard InChI is InChI=1S/C17H16BrClN2O6/c1-25-5-6-27-16-9-14(21(23)24)11(8-15(16)26-2)17(22)20-13-4-3-10(18)7-12(13)19/h3-4,7-9H,5-6H2,1-2H3,(H,20,22). The van der Waals surface area contributed by atoms with E-state index in [0.717, 1.165) is 10.5 Å². The number of nitro benzene ring substituents is 1. The molecule has 10 heteroatoms. The van der Waals surface area contributed by atoms with Gasteiger partial charge in [-0.05, 0) is 18.2 Å². The van der Waals surface area contributed by atoms with Crippen molar-refractivity contribution in [1.29, 1.82) is 0 Å². The normalized spacial score (nSPS) is 10.4. The van der Waals surface area contributed by atoms with E-state index in [-0.39, 0.29) is 28.7 Å². The molecule has 0 radical (unpaired) electrons. The predicted molar refractivity (Wildman–Crippen MR) is 104 cm³/mol. The molecular formula is C17H16BrClN2O6. The zero-order valence-electron chi connectivity index (χ0n) is 14.5. The van der Waals surface area contributed by atoms with Gasteiger partial charge < -0.3 is 19.5 Å². The molecule has 0 aliphatic carbocycles. The maximum absolute atomic E-state index is 12.6. The third-order valence-electron chi connectivity index (χ3n) is 3.45. The fourth-order valence-corrected chi connectivity index (χ4v) is 2.89. The van der Waals surface area contributed by atoms with E-state index in [1.807, 2.05) is 0 Å². The molecule has 0 saturated heterocycles. The molecule has 2 aromatic rings. The lowest BCUT2D eigenvalue weighted by Gasteiger charge is -2.13. The third-order valence-corrected chi connectivity index (χ3v) is 4.25. The number of carbonyl (C=O) groups excluding carboxylic acids is 1. The molecule has 1 amide bonds. The SMILES string of the molecule is COCCOc1cc([N+](=O)[O-])c(C(=O)Nc2ccc(Br)cc2Cl)cc1OC. The second kappa shape index (κ2) is 9.54. The minimum absolute atomic E-state index is 0.138. The van der Waals surface area contributed by atoms with E-state index in [9.17, 15) is 14.9 Å². The molecule has 0 aromatic heterocycles. The maximum Gasteiger partial charge on any atom is 0.286 e. The number of anilines is 1. The first-order valence-electron chi connectivity index (χ1n) is 7.62. The van der Waals surface area contributed by atoms with Crippen molar-refractivity contribution in [3.63, 3.8) is 0 Å². The highest BCUT2D eigenvalue weighted by Gasteiger charge is 2.25. The van der Waals surface area contributed by atoms with Crippen LogP contribution in [0.5, 0.6) is 11.5 Å². The van der Waals surface area contributed by atoms with Crippen LogP contribution >= 0.6 is 27.5 Å². The summed E-state index contributed by atoms with van der Waals surface area (Å²) < 4.78 is 16.2. The van der Waals surface area contributed by atoms with Gasteiger partial charge in [-0.15, -0.1) is 0 Å². The lowest BCUT2D eigenvalue weighted by molar-refractivity contribution is -0.385. The highest BCUT2D eigenvalue weighted by Crippen LogP contribution is 2.35. The van der Waals surface area contributed by atoms with E-state index in [2.05, 4.69) is 21.2 Å². The molecule has 0 heterocycles. The zero-order chi connectivity index (χ0) is 20.0. The summed E-state index contributed by atoms with van der Waals surface area (Å²) in [6, 6.07) is 7.26. The number of methoxy groups -OCH3 is 2. The molecule has 0 fully saturated rings. The number of halogens is 2. The number of amides is 1. The molecule has 0 spiro atoms. The van der Waals surface area contributed by atoms with Crippen LogP contribution in [0.2, 0.25) is 5.02 Å². The van der Waals surface area contributed by atoms with E-state index < -0.39 is 16.5 Å². The molecule has 144 valence electrons. The number of benzene rings is 2. The fourth-order valence-electron chi connectivity index (χ4n) is 2.17. The van der Waals surface area contributed by atoms with Crippen molar-refractivity contribution in [2.24, 2.45) is 0 Å². The lowest BCUT2D eigenvalue weighted by atomic mass is 10.1. The summed E-state index contributed by atoms with van der Waals surface area (Å²) in [5.41, 5.74) is -0.289. The second-order valence-electron chi connectivity index (χ2n) is 5.20. The second-order valence-corrected chi connectivity index (χ2v) is 6.52. The highest BCUT2D eigenvalue weighted by atomic mass is 79.9. The van der Waals surface area contributed by atoms with Crippen LogP contribution in [0.4, 0.5) is 11.4 Å². The van der Waals surface area contributed by atoms with Crippen molar-refractivity contribution in [3.8, 4) is 11.5 Å². The van der Waals surface area contributed by atoms with Crippen LogP contribution in [-0.2, 0) is 4.74 Å². The molecule has 0 aliphatic heterocycles. The average molecular weight is 460 g/mol. The minimum atomic E-state index is -0.701. The Balaban J connectivity index is 2.38. The Morgan fingerprint density at radius 3 is 2.56 bits per heavy atom. The van der Waals surface area contributed by atoms with E-state index >= 15 is 0 Å². The zero-order valence-corrected chi connectivity index (χ0v) is 16.8. The molecule has 8 nitrogen and oxygen atoms in total. The van der Waals surface area contributed by atoms with Crippen molar-refractivity contribution in [1.82, 2.24) is 0 Å². The van der Waals surface area contributed by atoms with Gasteiger partial charge in [0.25, 0.3) is 11.6 Å². The Morgan fingerprint density at radius 2 is 1.96 bits per heavy atom. The van der Waals surface area contributed by atoms with Gasteiger partial charge in [-0.2, -0.15) is 0 Å². The number of rotatable bonds is 8. The molecule has 0 atom stereocenters. The molecule has 1 N–H and O–H groups in total. The number of nitrogens with one attached hydrogen (secondary N) is 1. The monoisotopic (exact) mass is 458 g/mol. The van der Waals surface area contributed by atoms with E-state index in [0.29, 0.717) is 12.3 Å². The van der Waals surface area contributed by atoms with E-state index in [1.165, 1.54) is 20.3 Å². The molecule has 0 aliphatic rings. The summed E-state index contributed by atoms with van der Waals surface area (Å²) in [5.74, 6) is -0.379. The van der Waals surface area contributed by atoms with Crippen molar-refractivity contribution in [2.45, 2.75) is 0 Å². The number of hydrogen-bond donors (Lipinski definition) is 1. The topological polar surface area (TPSA) is 99.9 Å². The van der Waals surface area contributed by atoms with Crippen molar-refractivity contribution < 1.29 is 23.9 Å². The average Bonchev–Trinajstić information content (AvgIpc) is 2.63. The van der Waals surface area contributed by atoms with Gasteiger partial charge in [-0.1, -0.05) is 27.5 Å². The van der Waals surface area contributed by atoms with E-state index in [4.69, 9.17) is 25.8 Å². The number of nitrogens with zero attached hydrogens (tertiary/aromatic N) is 1. The molecule has 0 bridgehead atoms. The Kier molecular flexibility index (Phi) is 7.40. The number of nitro groups is 1. The van der Waals surface area contributed by atoms with Crippen molar-refractivity contribution >= 4 is 44.8 Å².